The number of allylic oxidation sites excluding steroid dienone is 2. The molecule has 0 unspecified atom stereocenters. The fraction of sp³-hybridized carbons (Fsp3) is 0.0500. The van der Waals surface area contributed by atoms with Gasteiger partial charge in [-0.1, -0.05) is 60.7 Å². The summed E-state index contributed by atoms with van der Waals surface area (Å²) >= 11 is 0. The van der Waals surface area contributed by atoms with E-state index in [0.717, 1.165) is 5.39 Å². The van der Waals surface area contributed by atoms with Gasteiger partial charge in [0.05, 0.1) is 0 Å². The molecule has 126 valence electrons. The summed E-state index contributed by atoms with van der Waals surface area (Å²) in [5.41, 5.74) is -0.608. The summed E-state index contributed by atoms with van der Waals surface area (Å²) in [5, 5.41) is 3.70. The number of carbonyl (C=O) groups is 1. The zero-order valence-corrected chi connectivity index (χ0v) is 13.0. The minimum Gasteiger partial charge on any atom is -0.351 e. The van der Waals surface area contributed by atoms with Gasteiger partial charge in [-0.25, -0.2) is 0 Å². The number of nitrogens with one attached hydrogen (secondary N) is 1. The monoisotopic (exact) mass is 341 g/mol. The molecule has 0 aliphatic carbocycles. The zero-order valence-electron chi connectivity index (χ0n) is 13.0. The number of hydrogen-bond donors (Lipinski definition) is 1. The van der Waals surface area contributed by atoms with Crippen LogP contribution in [-0.2, 0) is 0 Å². The normalized spacial score (nSPS) is 12.2. The van der Waals surface area contributed by atoms with Crippen LogP contribution in [0.3, 0.4) is 0 Å². The average Bonchev–Trinajstić information content (AvgIpc) is 2.60. The molecule has 0 heterocycles. The van der Waals surface area contributed by atoms with Crippen LogP contribution in [0.5, 0.6) is 0 Å². The molecule has 1 N–H and O–H groups in total. The molecule has 0 atom stereocenters. The predicted octanol–water partition coefficient (Wildman–Crippen LogP) is 5.58. The number of hydrogen-bond acceptors (Lipinski definition) is 2. The first-order valence-electron chi connectivity index (χ1n) is 7.58. The van der Waals surface area contributed by atoms with Crippen molar-refractivity contribution < 1.29 is 18.0 Å². The Morgan fingerprint density at radius 1 is 0.840 bits per heavy atom. The lowest BCUT2D eigenvalue weighted by Gasteiger charge is -2.14. The number of para-hydroxylation sites is 1. The van der Waals surface area contributed by atoms with Crippen LogP contribution >= 0.6 is 0 Å². The molecule has 3 aromatic carbocycles. The molecule has 2 nitrogen and oxygen atoms in total. The van der Waals surface area contributed by atoms with Crippen LogP contribution in [0.15, 0.2) is 84.6 Å². The quantitative estimate of drug-likeness (QED) is 0.496. The first-order chi connectivity index (χ1) is 11.9. The largest absolute Gasteiger partial charge is 0.431 e. The molecule has 0 radical (unpaired) electrons. The van der Waals surface area contributed by atoms with Crippen LogP contribution < -0.4 is 5.32 Å². The summed E-state index contributed by atoms with van der Waals surface area (Å²) in [7, 11) is 0. The van der Waals surface area contributed by atoms with Gasteiger partial charge in [-0.2, -0.15) is 13.2 Å². The highest BCUT2D eigenvalue weighted by Gasteiger charge is 2.34. The molecule has 0 amide bonds. The van der Waals surface area contributed by atoms with Crippen LogP contribution in [-0.4, -0.2) is 12.0 Å². The van der Waals surface area contributed by atoms with E-state index in [1.54, 1.807) is 36.4 Å². The van der Waals surface area contributed by atoms with E-state index in [1.807, 2.05) is 18.2 Å². The third-order valence-corrected chi connectivity index (χ3v) is 3.69. The molecule has 0 aliphatic heterocycles. The smallest absolute Gasteiger partial charge is 0.351 e. The minimum atomic E-state index is -4.67. The summed E-state index contributed by atoms with van der Waals surface area (Å²) < 4.78 is 39.9. The third kappa shape index (κ3) is 3.88. The number of fused-ring (bicyclic) bond motifs is 1. The fourth-order valence-corrected chi connectivity index (χ4v) is 2.51. The molecule has 0 saturated carbocycles. The Hall–Kier alpha value is -3.08. The van der Waals surface area contributed by atoms with Gasteiger partial charge in [0, 0.05) is 17.3 Å². The first-order valence-corrected chi connectivity index (χ1v) is 7.58. The Morgan fingerprint density at radius 2 is 1.48 bits per heavy atom. The van der Waals surface area contributed by atoms with Gasteiger partial charge < -0.3 is 5.32 Å². The van der Waals surface area contributed by atoms with Crippen molar-refractivity contribution in [3.63, 3.8) is 0 Å². The van der Waals surface area contributed by atoms with Crippen molar-refractivity contribution in [1.29, 1.82) is 0 Å². The Balaban J connectivity index is 2.00. The van der Waals surface area contributed by atoms with Crippen LogP contribution in [0.25, 0.3) is 10.8 Å². The van der Waals surface area contributed by atoms with E-state index in [-0.39, 0.29) is 11.3 Å². The molecule has 5 heteroatoms. The van der Waals surface area contributed by atoms with Crippen molar-refractivity contribution in [2.45, 2.75) is 6.18 Å². The van der Waals surface area contributed by atoms with E-state index >= 15 is 0 Å². The number of rotatable bonds is 4. The van der Waals surface area contributed by atoms with Gasteiger partial charge in [0.2, 0.25) is 0 Å². The molecular formula is C20H14F3NO. The van der Waals surface area contributed by atoms with Crippen molar-refractivity contribution in [3.05, 3.63) is 90.1 Å². The van der Waals surface area contributed by atoms with Gasteiger partial charge in [-0.15, -0.1) is 0 Å². The van der Waals surface area contributed by atoms with E-state index in [9.17, 15) is 18.0 Å². The number of carbonyl (C=O) groups excluding carboxylic acids is 1. The Bertz CT molecular complexity index is 925. The maximum absolute atomic E-state index is 13.3. The number of benzene rings is 3. The van der Waals surface area contributed by atoms with Crippen molar-refractivity contribution in [2.75, 3.05) is 5.32 Å². The molecule has 0 fully saturated rings. The molecular weight excluding hydrogens is 327 g/mol. The molecule has 25 heavy (non-hydrogen) atoms. The van der Waals surface area contributed by atoms with Crippen molar-refractivity contribution in [2.24, 2.45) is 0 Å². The van der Waals surface area contributed by atoms with Gasteiger partial charge in [0.15, 0.2) is 5.78 Å². The molecule has 0 saturated heterocycles. The fourth-order valence-electron chi connectivity index (χ4n) is 2.51. The Morgan fingerprint density at radius 3 is 2.20 bits per heavy atom. The molecule has 0 aliphatic rings. The van der Waals surface area contributed by atoms with E-state index < -0.39 is 17.7 Å². The van der Waals surface area contributed by atoms with E-state index in [1.165, 1.54) is 18.2 Å². The van der Waals surface area contributed by atoms with Crippen molar-refractivity contribution >= 4 is 22.2 Å². The van der Waals surface area contributed by atoms with Gasteiger partial charge in [-0.3, -0.25) is 4.79 Å². The van der Waals surface area contributed by atoms with Gasteiger partial charge >= 0.3 is 6.18 Å². The summed E-state index contributed by atoms with van der Waals surface area (Å²) in [6, 6.07) is 20.0. The molecule has 3 aromatic rings. The third-order valence-electron chi connectivity index (χ3n) is 3.69. The Kier molecular flexibility index (Phi) is 4.57. The predicted molar refractivity (Wildman–Crippen MR) is 92.5 cm³/mol. The number of halogens is 3. The SMILES string of the molecule is O=C(/C=C(\Nc1ccccc1)C(F)(F)F)c1cccc2ccccc12. The van der Waals surface area contributed by atoms with Crippen LogP contribution in [0.2, 0.25) is 0 Å². The highest BCUT2D eigenvalue weighted by Crippen LogP contribution is 2.28. The maximum atomic E-state index is 13.3. The summed E-state index contributed by atoms with van der Waals surface area (Å²) in [4.78, 5) is 12.5. The standard InChI is InChI=1S/C20H14F3NO/c21-20(22,23)19(24-15-9-2-1-3-10-15)13-18(25)17-12-6-8-14-7-4-5-11-16(14)17/h1-13,24H/b19-13-. The molecule has 0 bridgehead atoms. The number of alkyl halides is 3. The van der Waals surface area contributed by atoms with E-state index in [2.05, 4.69) is 5.32 Å². The highest BCUT2D eigenvalue weighted by molar-refractivity contribution is 6.13. The molecule has 0 spiro atoms. The summed E-state index contributed by atoms with van der Waals surface area (Å²) in [5.74, 6) is -0.701. The Labute approximate surface area is 142 Å². The average molecular weight is 341 g/mol. The van der Waals surface area contributed by atoms with Gasteiger partial charge in [-0.05, 0) is 22.9 Å². The first kappa shape index (κ1) is 16.8. The number of anilines is 1. The lowest BCUT2D eigenvalue weighted by atomic mass is 10.0. The zero-order chi connectivity index (χ0) is 17.9. The van der Waals surface area contributed by atoms with Crippen LogP contribution in [0, 0.1) is 0 Å². The second-order valence-corrected chi connectivity index (χ2v) is 5.44. The van der Waals surface area contributed by atoms with Crippen molar-refractivity contribution in [3.8, 4) is 0 Å². The van der Waals surface area contributed by atoms with Gasteiger partial charge in [0.1, 0.15) is 5.70 Å². The maximum Gasteiger partial charge on any atom is 0.431 e. The lowest BCUT2D eigenvalue weighted by Crippen LogP contribution is -2.20. The van der Waals surface area contributed by atoms with Crippen LogP contribution in [0.1, 0.15) is 10.4 Å². The van der Waals surface area contributed by atoms with Gasteiger partial charge in [0.25, 0.3) is 0 Å². The summed E-state index contributed by atoms with van der Waals surface area (Å²) in [6.07, 6.45) is -4.06. The number of ketones is 1. The summed E-state index contributed by atoms with van der Waals surface area (Å²) in [6.45, 7) is 0. The highest BCUT2D eigenvalue weighted by atomic mass is 19.4. The second-order valence-electron chi connectivity index (χ2n) is 5.44. The lowest BCUT2D eigenvalue weighted by molar-refractivity contribution is -0.0903. The minimum absolute atomic E-state index is 0.231. The molecule has 0 aromatic heterocycles. The van der Waals surface area contributed by atoms with Crippen LogP contribution in [0.4, 0.5) is 18.9 Å². The molecule has 3 rings (SSSR count). The van der Waals surface area contributed by atoms with E-state index in [0.29, 0.717) is 11.5 Å². The van der Waals surface area contributed by atoms with E-state index in [4.69, 9.17) is 0 Å². The van der Waals surface area contributed by atoms with Crippen molar-refractivity contribution in [1.82, 2.24) is 0 Å². The topological polar surface area (TPSA) is 29.1 Å². The second kappa shape index (κ2) is 6.81.